The number of hydrogen-bond donors (Lipinski definition) is 1. The summed E-state index contributed by atoms with van der Waals surface area (Å²) in [5.74, 6) is -0.0283. The third-order valence-electron chi connectivity index (χ3n) is 3.56. The molecule has 1 aromatic carbocycles. The molecule has 0 bridgehead atoms. The highest BCUT2D eigenvalue weighted by atomic mass is 35.5. The van der Waals surface area contributed by atoms with Gasteiger partial charge in [-0.05, 0) is 52.3 Å². The molecule has 21 heavy (non-hydrogen) atoms. The second-order valence-electron chi connectivity index (χ2n) is 6.39. The second-order valence-corrected chi connectivity index (χ2v) is 6.80. The van der Waals surface area contributed by atoms with Gasteiger partial charge < -0.3 is 14.8 Å². The van der Waals surface area contributed by atoms with E-state index in [0.717, 1.165) is 12.1 Å². The van der Waals surface area contributed by atoms with Gasteiger partial charge in [0.15, 0.2) is 0 Å². The van der Waals surface area contributed by atoms with Crippen molar-refractivity contribution in [2.75, 3.05) is 5.32 Å². The number of ether oxygens (including phenoxy) is 2. The van der Waals surface area contributed by atoms with E-state index in [-0.39, 0.29) is 28.0 Å². The van der Waals surface area contributed by atoms with Gasteiger partial charge in [-0.1, -0.05) is 11.6 Å². The van der Waals surface area contributed by atoms with Gasteiger partial charge in [-0.2, -0.15) is 8.78 Å². The molecule has 1 aromatic rings. The van der Waals surface area contributed by atoms with E-state index < -0.39 is 6.61 Å². The van der Waals surface area contributed by atoms with Crippen LogP contribution in [0.15, 0.2) is 18.2 Å². The lowest BCUT2D eigenvalue weighted by Crippen LogP contribution is -2.38. The average molecular weight is 320 g/mol. The monoisotopic (exact) mass is 319 g/mol. The number of anilines is 1. The zero-order valence-electron chi connectivity index (χ0n) is 12.5. The van der Waals surface area contributed by atoms with Crippen molar-refractivity contribution in [1.82, 2.24) is 0 Å². The number of halogens is 3. The van der Waals surface area contributed by atoms with Crippen LogP contribution in [0.2, 0.25) is 5.02 Å². The molecule has 1 atom stereocenters. The van der Waals surface area contributed by atoms with Gasteiger partial charge in [0.2, 0.25) is 0 Å². The van der Waals surface area contributed by atoms with E-state index in [1.807, 2.05) is 27.7 Å². The second kappa shape index (κ2) is 5.61. The molecular formula is C15H20ClF2NO2. The van der Waals surface area contributed by atoms with Crippen LogP contribution in [0, 0.1) is 0 Å². The van der Waals surface area contributed by atoms with Crippen molar-refractivity contribution < 1.29 is 18.3 Å². The van der Waals surface area contributed by atoms with Gasteiger partial charge in [-0.15, -0.1) is 0 Å². The highest BCUT2D eigenvalue weighted by Crippen LogP contribution is 2.39. The minimum atomic E-state index is -2.88. The van der Waals surface area contributed by atoms with Crippen molar-refractivity contribution in [3.05, 3.63) is 23.2 Å². The molecule has 0 radical (unpaired) electrons. The van der Waals surface area contributed by atoms with Crippen LogP contribution in [0.1, 0.15) is 34.1 Å². The summed E-state index contributed by atoms with van der Waals surface area (Å²) in [7, 11) is 0. The van der Waals surface area contributed by atoms with E-state index in [2.05, 4.69) is 10.1 Å². The third kappa shape index (κ3) is 3.98. The Morgan fingerprint density at radius 1 is 1.33 bits per heavy atom. The Kier molecular flexibility index (Phi) is 4.36. The summed E-state index contributed by atoms with van der Waals surface area (Å²) in [5, 5.41) is 3.50. The summed E-state index contributed by atoms with van der Waals surface area (Å²) in [5.41, 5.74) is 0.221. The molecule has 0 spiro atoms. The molecule has 1 aliphatic rings. The molecule has 0 amide bonds. The zero-order chi connectivity index (χ0) is 15.8. The predicted molar refractivity (Wildman–Crippen MR) is 79.4 cm³/mol. The van der Waals surface area contributed by atoms with E-state index in [1.54, 1.807) is 12.1 Å². The van der Waals surface area contributed by atoms with Crippen LogP contribution in [-0.2, 0) is 4.74 Å². The average Bonchev–Trinajstić information content (AvgIpc) is 2.50. The van der Waals surface area contributed by atoms with E-state index in [1.165, 1.54) is 6.07 Å². The topological polar surface area (TPSA) is 30.5 Å². The van der Waals surface area contributed by atoms with E-state index in [9.17, 15) is 8.78 Å². The smallest absolute Gasteiger partial charge is 0.387 e. The van der Waals surface area contributed by atoms with Gasteiger partial charge in [0.25, 0.3) is 0 Å². The fourth-order valence-electron chi connectivity index (χ4n) is 2.77. The lowest BCUT2D eigenvalue weighted by Gasteiger charge is -2.28. The maximum atomic E-state index is 12.2. The highest BCUT2D eigenvalue weighted by Gasteiger charge is 2.45. The first kappa shape index (κ1) is 16.3. The standard InChI is InChI=1S/C15H20ClF2NO2/c1-14(2)8-12(15(3,4)21-14)19-9-5-6-11(10(16)7-9)20-13(17)18/h5-7,12-13,19H,8H2,1-4H3. The Hall–Kier alpha value is -1.07. The number of nitrogens with one attached hydrogen (secondary N) is 1. The number of rotatable bonds is 4. The molecule has 1 aliphatic heterocycles. The third-order valence-corrected chi connectivity index (χ3v) is 3.86. The minimum absolute atomic E-state index is 0.0283. The van der Waals surface area contributed by atoms with E-state index in [4.69, 9.17) is 16.3 Å². The summed E-state index contributed by atoms with van der Waals surface area (Å²) < 4.78 is 34.7. The molecule has 0 saturated carbocycles. The number of benzene rings is 1. The Bertz CT molecular complexity index is 520. The van der Waals surface area contributed by atoms with Gasteiger partial charge >= 0.3 is 6.61 Å². The molecule has 1 unspecified atom stereocenters. The molecule has 3 nitrogen and oxygen atoms in total. The highest BCUT2D eigenvalue weighted by molar-refractivity contribution is 6.32. The zero-order valence-corrected chi connectivity index (χ0v) is 13.3. The van der Waals surface area contributed by atoms with Crippen molar-refractivity contribution in [3.63, 3.8) is 0 Å². The first-order chi connectivity index (χ1) is 9.59. The van der Waals surface area contributed by atoms with Crippen LogP contribution in [0.5, 0.6) is 5.75 Å². The maximum Gasteiger partial charge on any atom is 0.387 e. The summed E-state index contributed by atoms with van der Waals surface area (Å²) in [6.07, 6.45) is 0.840. The fraction of sp³-hybridized carbons (Fsp3) is 0.600. The van der Waals surface area contributed by atoms with Gasteiger partial charge in [-0.25, -0.2) is 0 Å². The molecule has 0 aromatic heterocycles. The van der Waals surface area contributed by atoms with Crippen LogP contribution >= 0.6 is 11.6 Å². The predicted octanol–water partition coefficient (Wildman–Crippen LogP) is 4.70. The van der Waals surface area contributed by atoms with Gasteiger partial charge in [0, 0.05) is 5.69 Å². The molecule has 6 heteroatoms. The van der Waals surface area contributed by atoms with Crippen molar-refractivity contribution >= 4 is 17.3 Å². The van der Waals surface area contributed by atoms with Crippen LogP contribution in [-0.4, -0.2) is 23.9 Å². The first-order valence-electron chi connectivity index (χ1n) is 6.80. The molecule has 1 N–H and O–H groups in total. The van der Waals surface area contributed by atoms with Crippen molar-refractivity contribution in [2.45, 2.75) is 58.0 Å². The molecule has 0 aliphatic carbocycles. The van der Waals surface area contributed by atoms with Crippen LogP contribution in [0.4, 0.5) is 14.5 Å². The summed E-state index contributed by atoms with van der Waals surface area (Å²) >= 11 is 5.96. The molecule has 118 valence electrons. The number of hydrogen-bond acceptors (Lipinski definition) is 3. The van der Waals surface area contributed by atoms with Gasteiger partial charge in [0.1, 0.15) is 5.75 Å². The maximum absolute atomic E-state index is 12.2. The van der Waals surface area contributed by atoms with Crippen LogP contribution in [0.25, 0.3) is 0 Å². The van der Waals surface area contributed by atoms with Crippen LogP contribution in [0.3, 0.4) is 0 Å². The van der Waals surface area contributed by atoms with Crippen molar-refractivity contribution in [1.29, 1.82) is 0 Å². The van der Waals surface area contributed by atoms with E-state index in [0.29, 0.717) is 0 Å². The first-order valence-corrected chi connectivity index (χ1v) is 7.18. The molecule has 1 saturated heterocycles. The quantitative estimate of drug-likeness (QED) is 0.872. The van der Waals surface area contributed by atoms with Gasteiger partial charge in [0.05, 0.1) is 22.3 Å². The SMILES string of the molecule is CC1(C)CC(Nc2ccc(OC(F)F)c(Cl)c2)C(C)(C)O1. The van der Waals surface area contributed by atoms with Gasteiger partial charge in [-0.3, -0.25) is 0 Å². The summed E-state index contributed by atoms with van der Waals surface area (Å²) in [4.78, 5) is 0. The largest absolute Gasteiger partial charge is 0.433 e. The fourth-order valence-corrected chi connectivity index (χ4v) is 3.00. The molecule has 1 heterocycles. The normalized spacial score (nSPS) is 23.3. The van der Waals surface area contributed by atoms with Crippen molar-refractivity contribution in [3.8, 4) is 5.75 Å². The van der Waals surface area contributed by atoms with Crippen LogP contribution < -0.4 is 10.1 Å². The Morgan fingerprint density at radius 3 is 2.48 bits per heavy atom. The summed E-state index contributed by atoms with van der Waals surface area (Å²) in [6.45, 7) is 5.25. The molecule has 1 fully saturated rings. The Morgan fingerprint density at radius 2 is 2.00 bits per heavy atom. The Labute approximate surface area is 128 Å². The Balaban J connectivity index is 2.12. The molecular weight excluding hydrogens is 300 g/mol. The summed E-state index contributed by atoms with van der Waals surface area (Å²) in [6, 6.07) is 4.79. The lowest BCUT2D eigenvalue weighted by atomic mass is 9.94. The molecule has 2 rings (SSSR count). The number of alkyl halides is 2. The minimum Gasteiger partial charge on any atom is -0.433 e. The lowest BCUT2D eigenvalue weighted by molar-refractivity contribution is -0.0662. The van der Waals surface area contributed by atoms with E-state index >= 15 is 0 Å². The van der Waals surface area contributed by atoms with Crippen molar-refractivity contribution in [2.24, 2.45) is 0 Å².